The summed E-state index contributed by atoms with van der Waals surface area (Å²) in [5, 5.41) is 3.19. The molecule has 1 atom stereocenters. The molecular weight excluding hydrogens is 531 g/mol. The third kappa shape index (κ3) is 8.92. The second kappa shape index (κ2) is 12.6. The maximum atomic E-state index is 13.2. The van der Waals surface area contributed by atoms with Gasteiger partial charge in [-0.25, -0.2) is 8.42 Å². The van der Waals surface area contributed by atoms with Gasteiger partial charge in [0, 0.05) is 30.6 Å². The van der Waals surface area contributed by atoms with E-state index >= 15 is 0 Å². The number of nitrogens with one attached hydrogen (secondary N) is 1. The molecule has 2 aromatic carbocycles. The summed E-state index contributed by atoms with van der Waals surface area (Å²) >= 11 is 6.26. The number of carbonyl (C=O) groups is 2. The summed E-state index contributed by atoms with van der Waals surface area (Å²) in [6.45, 7) is 4.99. The van der Waals surface area contributed by atoms with Gasteiger partial charge in [0.15, 0.2) is 0 Å². The Balaban J connectivity index is 2.23. The van der Waals surface area contributed by atoms with E-state index in [0.717, 1.165) is 28.8 Å². The number of rotatable bonds is 11. The molecule has 204 valence electrons. The van der Waals surface area contributed by atoms with E-state index in [2.05, 4.69) is 5.32 Å². The number of anilines is 1. The standard InChI is InChI=1S/C25H31ClF3N3O4S/c1-17(2)30-24(34)18(3)31(16-19-9-5-6-12-22(19)26)23(33)13-8-14-32(37(4,35)36)21-11-7-10-20(15-21)25(27,28)29/h5-7,9-12,15,17-18H,8,13-14,16H2,1-4H3,(H,30,34)/t18-/m1/s1. The zero-order valence-electron chi connectivity index (χ0n) is 21.0. The molecule has 0 heterocycles. The highest BCUT2D eigenvalue weighted by atomic mass is 35.5. The average Bonchev–Trinajstić information content (AvgIpc) is 2.79. The van der Waals surface area contributed by atoms with Crippen LogP contribution < -0.4 is 9.62 Å². The van der Waals surface area contributed by atoms with Crippen LogP contribution in [0.15, 0.2) is 48.5 Å². The van der Waals surface area contributed by atoms with Gasteiger partial charge in [-0.2, -0.15) is 13.2 Å². The van der Waals surface area contributed by atoms with Gasteiger partial charge in [0.2, 0.25) is 21.8 Å². The Morgan fingerprint density at radius 1 is 1.05 bits per heavy atom. The molecular formula is C25H31ClF3N3O4S. The van der Waals surface area contributed by atoms with E-state index in [9.17, 15) is 31.2 Å². The second-order valence-corrected chi connectivity index (χ2v) is 11.3. The highest BCUT2D eigenvalue weighted by Gasteiger charge is 2.32. The predicted molar refractivity (Wildman–Crippen MR) is 138 cm³/mol. The number of benzene rings is 2. The van der Waals surface area contributed by atoms with E-state index in [1.165, 1.54) is 11.0 Å². The first-order valence-corrected chi connectivity index (χ1v) is 13.8. The van der Waals surface area contributed by atoms with E-state index in [4.69, 9.17) is 11.6 Å². The Morgan fingerprint density at radius 2 is 1.70 bits per heavy atom. The molecule has 0 bridgehead atoms. The zero-order chi connectivity index (χ0) is 28.0. The molecule has 0 saturated heterocycles. The Labute approximate surface area is 220 Å². The van der Waals surface area contributed by atoms with E-state index in [1.807, 2.05) is 0 Å². The summed E-state index contributed by atoms with van der Waals surface area (Å²) in [6, 6.07) is 9.88. The Hall–Kier alpha value is -2.79. The monoisotopic (exact) mass is 561 g/mol. The first-order chi connectivity index (χ1) is 17.1. The van der Waals surface area contributed by atoms with Gasteiger partial charge >= 0.3 is 6.18 Å². The van der Waals surface area contributed by atoms with E-state index in [0.29, 0.717) is 10.6 Å². The molecule has 0 aliphatic heterocycles. The van der Waals surface area contributed by atoms with Crippen LogP contribution in [-0.2, 0) is 32.3 Å². The Bertz CT molecular complexity index is 1210. The van der Waals surface area contributed by atoms with Crippen molar-refractivity contribution in [2.45, 2.75) is 58.4 Å². The van der Waals surface area contributed by atoms with Crippen LogP contribution in [0.4, 0.5) is 18.9 Å². The van der Waals surface area contributed by atoms with Crippen LogP contribution in [0.1, 0.15) is 44.7 Å². The van der Waals surface area contributed by atoms with Gasteiger partial charge in [0.25, 0.3) is 0 Å². The quantitative estimate of drug-likeness (QED) is 0.425. The number of hydrogen-bond donors (Lipinski definition) is 1. The molecule has 0 aromatic heterocycles. The lowest BCUT2D eigenvalue weighted by atomic mass is 10.1. The van der Waals surface area contributed by atoms with Gasteiger partial charge in [-0.3, -0.25) is 13.9 Å². The van der Waals surface area contributed by atoms with Crippen LogP contribution in [0, 0.1) is 0 Å². The smallest absolute Gasteiger partial charge is 0.352 e. The normalized spacial score (nSPS) is 12.8. The molecule has 12 heteroatoms. The van der Waals surface area contributed by atoms with Crippen molar-refractivity contribution < 1.29 is 31.2 Å². The number of carbonyl (C=O) groups excluding carboxylic acids is 2. The Kier molecular flexibility index (Phi) is 10.4. The lowest BCUT2D eigenvalue weighted by Gasteiger charge is -2.30. The van der Waals surface area contributed by atoms with Gasteiger partial charge < -0.3 is 10.2 Å². The molecule has 37 heavy (non-hydrogen) atoms. The van der Waals surface area contributed by atoms with Crippen molar-refractivity contribution in [1.82, 2.24) is 10.2 Å². The lowest BCUT2D eigenvalue weighted by Crippen LogP contribution is -2.49. The van der Waals surface area contributed by atoms with Crippen LogP contribution >= 0.6 is 11.6 Å². The fourth-order valence-electron chi connectivity index (χ4n) is 3.64. The summed E-state index contributed by atoms with van der Waals surface area (Å²) in [5.74, 6) is -0.791. The fourth-order valence-corrected chi connectivity index (χ4v) is 4.79. The number of nitrogens with zero attached hydrogens (tertiary/aromatic N) is 2. The highest BCUT2D eigenvalue weighted by Crippen LogP contribution is 2.32. The zero-order valence-corrected chi connectivity index (χ0v) is 22.6. The number of halogens is 4. The maximum absolute atomic E-state index is 13.2. The van der Waals surface area contributed by atoms with Crippen molar-refractivity contribution in [2.75, 3.05) is 17.1 Å². The van der Waals surface area contributed by atoms with Crippen LogP contribution in [0.2, 0.25) is 5.02 Å². The molecule has 0 unspecified atom stereocenters. The first-order valence-electron chi connectivity index (χ1n) is 11.6. The molecule has 2 aromatic rings. The third-order valence-electron chi connectivity index (χ3n) is 5.51. The van der Waals surface area contributed by atoms with Gasteiger partial charge in [-0.15, -0.1) is 0 Å². The van der Waals surface area contributed by atoms with Crippen molar-refractivity contribution >= 4 is 39.1 Å². The van der Waals surface area contributed by atoms with E-state index in [-0.39, 0.29) is 43.6 Å². The molecule has 0 spiro atoms. The number of amides is 2. The molecule has 1 N–H and O–H groups in total. The van der Waals surface area contributed by atoms with Crippen molar-refractivity contribution in [2.24, 2.45) is 0 Å². The van der Waals surface area contributed by atoms with Gasteiger partial charge in [-0.1, -0.05) is 35.9 Å². The van der Waals surface area contributed by atoms with Crippen LogP contribution in [0.3, 0.4) is 0 Å². The summed E-state index contributed by atoms with van der Waals surface area (Å²) in [5.41, 5.74) is -0.503. The molecule has 0 radical (unpaired) electrons. The highest BCUT2D eigenvalue weighted by molar-refractivity contribution is 7.92. The van der Waals surface area contributed by atoms with E-state index < -0.39 is 33.7 Å². The van der Waals surface area contributed by atoms with Crippen molar-refractivity contribution in [3.05, 3.63) is 64.7 Å². The molecule has 2 amide bonds. The summed E-state index contributed by atoms with van der Waals surface area (Å²) in [4.78, 5) is 27.3. The predicted octanol–water partition coefficient (Wildman–Crippen LogP) is 4.85. The van der Waals surface area contributed by atoms with Crippen molar-refractivity contribution in [3.63, 3.8) is 0 Å². The molecule has 0 saturated carbocycles. The Morgan fingerprint density at radius 3 is 2.27 bits per heavy atom. The first kappa shape index (κ1) is 30.4. The molecule has 0 fully saturated rings. The topological polar surface area (TPSA) is 86.8 Å². The third-order valence-corrected chi connectivity index (χ3v) is 7.07. The van der Waals surface area contributed by atoms with Crippen LogP contribution in [0.25, 0.3) is 0 Å². The second-order valence-electron chi connectivity index (χ2n) is 8.94. The summed E-state index contributed by atoms with van der Waals surface area (Å²) in [6.07, 6.45) is -3.88. The van der Waals surface area contributed by atoms with Gasteiger partial charge in [0.05, 0.1) is 17.5 Å². The molecule has 7 nitrogen and oxygen atoms in total. The van der Waals surface area contributed by atoms with Crippen LogP contribution in [0.5, 0.6) is 0 Å². The summed E-state index contributed by atoms with van der Waals surface area (Å²) < 4.78 is 65.0. The molecule has 2 rings (SSSR count). The fraction of sp³-hybridized carbons (Fsp3) is 0.440. The average molecular weight is 562 g/mol. The minimum absolute atomic E-state index is 0.0136. The minimum Gasteiger partial charge on any atom is -0.352 e. The number of hydrogen-bond acceptors (Lipinski definition) is 4. The number of alkyl halides is 3. The lowest BCUT2D eigenvalue weighted by molar-refractivity contribution is -0.140. The maximum Gasteiger partial charge on any atom is 0.416 e. The number of sulfonamides is 1. The van der Waals surface area contributed by atoms with Gasteiger partial charge in [0.1, 0.15) is 6.04 Å². The minimum atomic E-state index is -4.64. The van der Waals surface area contributed by atoms with Crippen molar-refractivity contribution in [3.8, 4) is 0 Å². The van der Waals surface area contributed by atoms with Crippen molar-refractivity contribution in [1.29, 1.82) is 0 Å². The van der Waals surface area contributed by atoms with Crippen LogP contribution in [-0.4, -0.2) is 50.0 Å². The van der Waals surface area contributed by atoms with E-state index in [1.54, 1.807) is 45.0 Å². The largest absolute Gasteiger partial charge is 0.416 e. The summed E-state index contributed by atoms with van der Waals surface area (Å²) in [7, 11) is -3.94. The molecule has 0 aliphatic carbocycles. The molecule has 0 aliphatic rings. The van der Waals surface area contributed by atoms with Gasteiger partial charge in [-0.05, 0) is 57.0 Å². The SMILES string of the molecule is CC(C)NC(=O)[C@@H](C)N(Cc1ccccc1Cl)C(=O)CCCN(c1cccc(C(F)(F)F)c1)S(C)(=O)=O.